The van der Waals surface area contributed by atoms with Crippen molar-refractivity contribution < 1.29 is 4.79 Å². The molecule has 0 unspecified atom stereocenters. The van der Waals surface area contributed by atoms with Crippen LogP contribution in [0, 0.1) is 0 Å². The van der Waals surface area contributed by atoms with Gasteiger partial charge in [0.05, 0.1) is 0 Å². The summed E-state index contributed by atoms with van der Waals surface area (Å²) in [6.07, 6.45) is 1.88. The van der Waals surface area contributed by atoms with E-state index in [-0.39, 0.29) is 0 Å². The van der Waals surface area contributed by atoms with Gasteiger partial charge in [0, 0.05) is 0 Å². The van der Waals surface area contributed by atoms with Gasteiger partial charge in [0.15, 0.2) is 0 Å². The lowest BCUT2D eigenvalue weighted by molar-refractivity contribution is 0.510. The molecule has 0 aliphatic heterocycles. The first-order valence-corrected chi connectivity index (χ1v) is 4.81. The van der Waals surface area contributed by atoms with E-state index in [0.29, 0.717) is 0 Å². The third-order valence-electron chi connectivity index (χ3n) is 2.56. The molecular formula is C13H12NO. The molecule has 2 aromatic carbocycles. The molecule has 0 aromatic heterocycles. The van der Waals surface area contributed by atoms with Crippen molar-refractivity contribution in [3.8, 4) is 0 Å². The van der Waals surface area contributed by atoms with E-state index < -0.39 is 5.54 Å². The normalized spacial score (nSPS) is 14.8. The van der Waals surface area contributed by atoms with E-state index in [4.69, 9.17) is 5.73 Å². The smallest absolute Gasteiger partial charge is 0.224 e. The zero-order chi connectivity index (χ0) is 10.9. The highest BCUT2D eigenvalue weighted by Crippen LogP contribution is 2.25. The van der Waals surface area contributed by atoms with Crippen LogP contribution in [0.25, 0.3) is 10.8 Å². The van der Waals surface area contributed by atoms with Crippen LogP contribution in [0.5, 0.6) is 0 Å². The van der Waals surface area contributed by atoms with Crippen LogP contribution >= 0.6 is 0 Å². The predicted molar refractivity (Wildman–Crippen MR) is 61.2 cm³/mol. The SMILES string of the molecule is C[C@](N)([C]=O)c1cccc2ccccc12. The van der Waals surface area contributed by atoms with E-state index >= 15 is 0 Å². The predicted octanol–water partition coefficient (Wildman–Crippen LogP) is 2.12. The van der Waals surface area contributed by atoms with Crippen molar-refractivity contribution in [2.24, 2.45) is 5.73 Å². The average Bonchev–Trinajstić information content (AvgIpc) is 2.28. The van der Waals surface area contributed by atoms with Crippen molar-refractivity contribution in [3.63, 3.8) is 0 Å². The monoisotopic (exact) mass is 198 g/mol. The standard InChI is InChI=1S/C13H12NO/c1-13(14,9-15)12-8-4-6-10-5-2-3-7-11(10)12/h2-8H,14H2,1H3/t13-/m0/s1. The average molecular weight is 198 g/mol. The zero-order valence-corrected chi connectivity index (χ0v) is 8.53. The quantitative estimate of drug-likeness (QED) is 0.803. The first kappa shape index (κ1) is 9.87. The van der Waals surface area contributed by atoms with Crippen molar-refractivity contribution >= 4 is 17.1 Å². The second-order valence-electron chi connectivity index (χ2n) is 3.83. The summed E-state index contributed by atoms with van der Waals surface area (Å²) in [5.41, 5.74) is 5.65. The van der Waals surface area contributed by atoms with Crippen LogP contribution in [0.4, 0.5) is 0 Å². The molecule has 0 heterocycles. The molecule has 0 bridgehead atoms. The number of carbonyl (C=O) groups excluding carboxylic acids is 1. The summed E-state index contributed by atoms with van der Waals surface area (Å²) < 4.78 is 0. The summed E-state index contributed by atoms with van der Waals surface area (Å²) in [5.74, 6) is 0. The van der Waals surface area contributed by atoms with Gasteiger partial charge in [-0.15, -0.1) is 0 Å². The molecule has 0 amide bonds. The topological polar surface area (TPSA) is 43.1 Å². The van der Waals surface area contributed by atoms with Crippen molar-refractivity contribution in [1.29, 1.82) is 0 Å². The van der Waals surface area contributed by atoms with Gasteiger partial charge in [-0.2, -0.15) is 0 Å². The van der Waals surface area contributed by atoms with Gasteiger partial charge in [-0.3, -0.25) is 4.79 Å². The molecular weight excluding hydrogens is 186 g/mol. The second-order valence-corrected chi connectivity index (χ2v) is 3.83. The fraction of sp³-hybridized carbons (Fsp3) is 0.154. The summed E-state index contributed by atoms with van der Waals surface area (Å²) in [7, 11) is 0. The molecule has 2 rings (SSSR count). The van der Waals surface area contributed by atoms with Gasteiger partial charge >= 0.3 is 0 Å². The lowest BCUT2D eigenvalue weighted by Gasteiger charge is -2.18. The van der Waals surface area contributed by atoms with Crippen LogP contribution < -0.4 is 5.73 Å². The lowest BCUT2D eigenvalue weighted by Crippen LogP contribution is -2.34. The molecule has 2 heteroatoms. The minimum Gasteiger partial charge on any atom is -0.315 e. The number of hydrogen-bond donors (Lipinski definition) is 1. The molecule has 2 N–H and O–H groups in total. The summed E-state index contributed by atoms with van der Waals surface area (Å²) in [6, 6.07) is 13.6. The minimum absolute atomic E-state index is 0.815. The van der Waals surface area contributed by atoms with Crippen LogP contribution in [0.3, 0.4) is 0 Å². The highest BCUT2D eigenvalue weighted by Gasteiger charge is 2.23. The van der Waals surface area contributed by atoms with Gasteiger partial charge in [0.25, 0.3) is 0 Å². The number of fused-ring (bicyclic) bond motifs is 1. The zero-order valence-electron chi connectivity index (χ0n) is 8.53. The number of benzene rings is 2. The Morgan fingerprint density at radius 2 is 1.80 bits per heavy atom. The van der Waals surface area contributed by atoms with Crippen LogP contribution in [-0.2, 0) is 10.3 Å². The Labute approximate surface area is 88.7 Å². The lowest BCUT2D eigenvalue weighted by atomic mass is 9.90. The van der Waals surface area contributed by atoms with Gasteiger partial charge in [-0.25, -0.2) is 0 Å². The van der Waals surface area contributed by atoms with Gasteiger partial charge in [0.2, 0.25) is 6.29 Å². The highest BCUT2D eigenvalue weighted by atomic mass is 16.1. The molecule has 75 valence electrons. The van der Waals surface area contributed by atoms with Gasteiger partial charge in [0.1, 0.15) is 5.54 Å². The Bertz CT molecular complexity index is 497. The van der Waals surface area contributed by atoms with Crippen molar-refractivity contribution in [3.05, 3.63) is 48.0 Å². The Kier molecular flexibility index (Phi) is 2.29. The van der Waals surface area contributed by atoms with Crippen molar-refractivity contribution in [2.75, 3.05) is 0 Å². The molecule has 0 saturated heterocycles. The fourth-order valence-electron chi connectivity index (χ4n) is 1.73. The van der Waals surface area contributed by atoms with Crippen LogP contribution in [0.1, 0.15) is 12.5 Å². The molecule has 0 saturated carbocycles. The third kappa shape index (κ3) is 1.64. The van der Waals surface area contributed by atoms with Crippen molar-refractivity contribution in [1.82, 2.24) is 0 Å². The van der Waals surface area contributed by atoms with E-state index in [1.807, 2.05) is 48.8 Å². The van der Waals surface area contributed by atoms with Crippen LogP contribution in [-0.4, -0.2) is 6.29 Å². The summed E-state index contributed by atoms with van der Waals surface area (Å²) in [6.45, 7) is 1.67. The maximum absolute atomic E-state index is 10.8. The maximum atomic E-state index is 10.8. The largest absolute Gasteiger partial charge is 0.315 e. The summed E-state index contributed by atoms with van der Waals surface area (Å²) in [4.78, 5) is 10.8. The molecule has 0 aliphatic carbocycles. The van der Waals surface area contributed by atoms with E-state index in [1.165, 1.54) is 0 Å². The minimum atomic E-state index is -1.04. The van der Waals surface area contributed by atoms with Crippen LogP contribution in [0.2, 0.25) is 0 Å². The van der Waals surface area contributed by atoms with Gasteiger partial charge in [-0.1, -0.05) is 42.5 Å². The third-order valence-corrected chi connectivity index (χ3v) is 2.56. The Balaban J connectivity index is 2.76. The summed E-state index contributed by atoms with van der Waals surface area (Å²) in [5, 5.41) is 2.09. The Morgan fingerprint density at radius 1 is 1.13 bits per heavy atom. The van der Waals surface area contributed by atoms with E-state index in [2.05, 4.69) is 0 Å². The van der Waals surface area contributed by atoms with Gasteiger partial charge in [-0.05, 0) is 23.3 Å². The number of nitrogens with two attached hydrogens (primary N) is 1. The van der Waals surface area contributed by atoms with Crippen molar-refractivity contribution in [2.45, 2.75) is 12.5 Å². The van der Waals surface area contributed by atoms with E-state index in [0.717, 1.165) is 16.3 Å². The van der Waals surface area contributed by atoms with E-state index in [9.17, 15) is 4.79 Å². The first-order valence-electron chi connectivity index (χ1n) is 4.81. The molecule has 0 aliphatic rings. The second kappa shape index (κ2) is 3.48. The maximum Gasteiger partial charge on any atom is 0.224 e. The first-order chi connectivity index (χ1) is 7.15. The highest BCUT2D eigenvalue weighted by molar-refractivity contribution is 5.89. The summed E-state index contributed by atoms with van der Waals surface area (Å²) >= 11 is 0. The number of rotatable bonds is 2. The fourth-order valence-corrected chi connectivity index (χ4v) is 1.73. The molecule has 15 heavy (non-hydrogen) atoms. The molecule has 0 fully saturated rings. The Morgan fingerprint density at radius 3 is 2.53 bits per heavy atom. The van der Waals surface area contributed by atoms with Gasteiger partial charge < -0.3 is 5.73 Å². The van der Waals surface area contributed by atoms with E-state index in [1.54, 1.807) is 6.92 Å². The Hall–Kier alpha value is -1.67. The molecule has 1 atom stereocenters. The molecule has 2 aromatic rings. The van der Waals surface area contributed by atoms with Crippen LogP contribution in [0.15, 0.2) is 42.5 Å². The molecule has 1 radical (unpaired) electrons. The molecule has 2 nitrogen and oxygen atoms in total. The number of hydrogen-bond acceptors (Lipinski definition) is 2. The molecule has 0 spiro atoms.